The lowest BCUT2D eigenvalue weighted by molar-refractivity contribution is 0.192. The van der Waals surface area contributed by atoms with E-state index in [2.05, 4.69) is 6.58 Å². The van der Waals surface area contributed by atoms with Gasteiger partial charge in [-0.15, -0.1) is 19.0 Å². The van der Waals surface area contributed by atoms with Gasteiger partial charge in [-0.3, -0.25) is 0 Å². The topological polar surface area (TPSA) is 35.2 Å². The Balaban J connectivity index is 0. The molecular weight excluding hydrogens is 126 g/mol. The minimum Gasteiger partial charge on any atom is -0.383 e. The highest BCUT2D eigenvalue weighted by atomic mass is 35.5. The van der Waals surface area contributed by atoms with Crippen LogP contribution in [0.25, 0.3) is 0 Å². The summed E-state index contributed by atoms with van der Waals surface area (Å²) in [7, 11) is 1.61. The Hall–Kier alpha value is -0.0500. The summed E-state index contributed by atoms with van der Waals surface area (Å²) in [6, 6.07) is -0.00926. The maximum atomic E-state index is 5.34. The molecule has 0 aliphatic heterocycles. The first-order chi connectivity index (χ1) is 3.31. The second-order valence-electron chi connectivity index (χ2n) is 1.35. The van der Waals surface area contributed by atoms with Gasteiger partial charge in [0.25, 0.3) is 0 Å². The van der Waals surface area contributed by atoms with Gasteiger partial charge in [0.1, 0.15) is 0 Å². The van der Waals surface area contributed by atoms with Crippen molar-refractivity contribution in [1.82, 2.24) is 0 Å². The molecule has 2 N–H and O–H groups in total. The molecule has 0 unspecified atom stereocenters. The molecule has 0 saturated carbocycles. The van der Waals surface area contributed by atoms with E-state index in [1.54, 1.807) is 13.2 Å². The number of halogens is 1. The largest absolute Gasteiger partial charge is 0.383 e. The summed E-state index contributed by atoms with van der Waals surface area (Å²) in [4.78, 5) is 0. The summed E-state index contributed by atoms with van der Waals surface area (Å²) in [6.45, 7) is 4.03. The molecule has 0 amide bonds. The molecule has 0 bridgehead atoms. The minimum absolute atomic E-state index is 0. The number of hydrogen-bond acceptors (Lipinski definition) is 2. The SMILES string of the molecule is C=C[C@@H](N)COC.Cl. The normalized spacial score (nSPS) is 11.8. The number of rotatable bonds is 3. The van der Waals surface area contributed by atoms with Crippen LogP contribution in [0, 0.1) is 0 Å². The van der Waals surface area contributed by atoms with E-state index in [9.17, 15) is 0 Å². The third-order valence-electron chi connectivity index (χ3n) is 0.662. The molecule has 1 atom stereocenters. The van der Waals surface area contributed by atoms with E-state index < -0.39 is 0 Å². The molecule has 0 aromatic heterocycles. The molecular formula is C5H12ClNO. The van der Waals surface area contributed by atoms with Gasteiger partial charge in [-0.25, -0.2) is 0 Å². The molecule has 0 aliphatic rings. The fourth-order valence-corrected chi connectivity index (χ4v) is 0.260. The van der Waals surface area contributed by atoms with Crippen LogP contribution in [0.3, 0.4) is 0 Å². The van der Waals surface area contributed by atoms with Crippen molar-refractivity contribution in [2.45, 2.75) is 6.04 Å². The Kier molecular flexibility index (Phi) is 9.42. The predicted molar refractivity (Wildman–Crippen MR) is 37.3 cm³/mol. The summed E-state index contributed by atoms with van der Waals surface area (Å²) in [5.41, 5.74) is 5.34. The van der Waals surface area contributed by atoms with Crippen LogP contribution in [-0.2, 0) is 4.74 Å². The van der Waals surface area contributed by atoms with Gasteiger partial charge in [0, 0.05) is 13.2 Å². The van der Waals surface area contributed by atoms with Gasteiger partial charge in [-0.05, 0) is 0 Å². The maximum Gasteiger partial charge on any atom is 0.0649 e. The first kappa shape index (κ1) is 10.8. The van der Waals surface area contributed by atoms with Gasteiger partial charge < -0.3 is 10.5 Å². The third-order valence-corrected chi connectivity index (χ3v) is 0.662. The van der Waals surface area contributed by atoms with Crippen molar-refractivity contribution >= 4 is 12.4 Å². The molecule has 0 saturated heterocycles. The third kappa shape index (κ3) is 5.95. The standard InChI is InChI=1S/C5H11NO.ClH/c1-3-5(6)4-7-2;/h3,5H,1,4,6H2,2H3;1H/t5-;/m1./s1. The Morgan fingerprint density at radius 1 is 1.88 bits per heavy atom. The first-order valence-electron chi connectivity index (χ1n) is 2.18. The van der Waals surface area contributed by atoms with E-state index in [-0.39, 0.29) is 18.4 Å². The van der Waals surface area contributed by atoms with Crippen molar-refractivity contribution in [1.29, 1.82) is 0 Å². The monoisotopic (exact) mass is 137 g/mol. The van der Waals surface area contributed by atoms with Crippen molar-refractivity contribution in [2.24, 2.45) is 5.73 Å². The number of nitrogens with two attached hydrogens (primary N) is 1. The van der Waals surface area contributed by atoms with Crippen LogP contribution < -0.4 is 5.73 Å². The second-order valence-corrected chi connectivity index (χ2v) is 1.35. The molecule has 0 radical (unpaired) electrons. The summed E-state index contributed by atoms with van der Waals surface area (Å²) in [6.07, 6.45) is 1.66. The van der Waals surface area contributed by atoms with Gasteiger partial charge in [0.15, 0.2) is 0 Å². The van der Waals surface area contributed by atoms with E-state index >= 15 is 0 Å². The highest BCUT2D eigenvalue weighted by Gasteiger charge is 1.89. The van der Waals surface area contributed by atoms with Crippen LogP contribution in [0.1, 0.15) is 0 Å². The number of methoxy groups -OCH3 is 1. The Labute approximate surface area is 56.1 Å². The van der Waals surface area contributed by atoms with Crippen molar-refractivity contribution in [3.8, 4) is 0 Å². The van der Waals surface area contributed by atoms with E-state index in [4.69, 9.17) is 10.5 Å². The highest BCUT2D eigenvalue weighted by Crippen LogP contribution is 1.76. The van der Waals surface area contributed by atoms with Crippen LogP contribution in [0.2, 0.25) is 0 Å². The van der Waals surface area contributed by atoms with E-state index in [1.165, 1.54) is 0 Å². The molecule has 0 heterocycles. The summed E-state index contributed by atoms with van der Waals surface area (Å²) < 4.78 is 4.70. The minimum atomic E-state index is -0.00926. The van der Waals surface area contributed by atoms with Gasteiger partial charge in [0.05, 0.1) is 6.61 Å². The fraction of sp³-hybridized carbons (Fsp3) is 0.600. The van der Waals surface area contributed by atoms with Crippen molar-refractivity contribution < 1.29 is 4.74 Å². The second kappa shape index (κ2) is 6.95. The Morgan fingerprint density at radius 2 is 2.38 bits per heavy atom. The van der Waals surface area contributed by atoms with Crippen LogP contribution in [-0.4, -0.2) is 19.8 Å². The fourth-order valence-electron chi connectivity index (χ4n) is 0.260. The lowest BCUT2D eigenvalue weighted by Gasteiger charge is -2.00. The quantitative estimate of drug-likeness (QED) is 0.578. The van der Waals surface area contributed by atoms with Crippen molar-refractivity contribution in [3.05, 3.63) is 12.7 Å². The molecule has 0 aliphatic carbocycles. The first-order valence-corrected chi connectivity index (χ1v) is 2.18. The zero-order chi connectivity index (χ0) is 5.70. The molecule has 3 heteroatoms. The molecule has 0 rings (SSSR count). The molecule has 2 nitrogen and oxygen atoms in total. The smallest absolute Gasteiger partial charge is 0.0649 e. The Bertz CT molecular complexity index is 58.4. The molecule has 0 fully saturated rings. The van der Waals surface area contributed by atoms with Crippen LogP contribution in [0.4, 0.5) is 0 Å². The summed E-state index contributed by atoms with van der Waals surface area (Å²) in [5.74, 6) is 0. The van der Waals surface area contributed by atoms with Gasteiger partial charge >= 0.3 is 0 Å². The maximum absolute atomic E-state index is 5.34. The van der Waals surface area contributed by atoms with Crippen LogP contribution >= 0.6 is 12.4 Å². The average molecular weight is 138 g/mol. The summed E-state index contributed by atoms with van der Waals surface area (Å²) in [5, 5.41) is 0. The lowest BCUT2D eigenvalue weighted by Crippen LogP contribution is -2.21. The zero-order valence-corrected chi connectivity index (χ0v) is 5.78. The lowest BCUT2D eigenvalue weighted by atomic mass is 10.3. The van der Waals surface area contributed by atoms with Crippen LogP contribution in [0.5, 0.6) is 0 Å². The molecule has 50 valence electrons. The van der Waals surface area contributed by atoms with E-state index in [0.29, 0.717) is 6.61 Å². The zero-order valence-electron chi connectivity index (χ0n) is 4.96. The van der Waals surface area contributed by atoms with E-state index in [1.807, 2.05) is 0 Å². The number of hydrogen-bond donors (Lipinski definition) is 1. The highest BCUT2D eigenvalue weighted by molar-refractivity contribution is 5.85. The molecule has 0 aromatic rings. The van der Waals surface area contributed by atoms with Crippen molar-refractivity contribution in [2.75, 3.05) is 13.7 Å². The van der Waals surface area contributed by atoms with Crippen molar-refractivity contribution in [3.63, 3.8) is 0 Å². The average Bonchev–Trinajstić information content (AvgIpc) is 1.68. The molecule has 0 aromatic carbocycles. The molecule has 0 spiro atoms. The Morgan fingerprint density at radius 3 is 2.50 bits per heavy atom. The number of ether oxygens (including phenoxy) is 1. The van der Waals surface area contributed by atoms with Gasteiger partial charge in [0.2, 0.25) is 0 Å². The van der Waals surface area contributed by atoms with Crippen LogP contribution in [0.15, 0.2) is 12.7 Å². The van der Waals surface area contributed by atoms with Gasteiger partial charge in [-0.2, -0.15) is 0 Å². The molecule has 8 heavy (non-hydrogen) atoms. The predicted octanol–water partition coefficient (Wildman–Crippen LogP) is 0.568. The van der Waals surface area contributed by atoms with E-state index in [0.717, 1.165) is 0 Å². The summed E-state index contributed by atoms with van der Waals surface area (Å²) >= 11 is 0. The van der Waals surface area contributed by atoms with Gasteiger partial charge in [-0.1, -0.05) is 6.08 Å².